The highest BCUT2D eigenvalue weighted by Crippen LogP contribution is 2.40. The van der Waals surface area contributed by atoms with Gasteiger partial charge in [0.2, 0.25) is 0 Å². The lowest BCUT2D eigenvalue weighted by atomic mass is 10.0. The van der Waals surface area contributed by atoms with E-state index in [0.717, 1.165) is 16.2 Å². The summed E-state index contributed by atoms with van der Waals surface area (Å²) in [7, 11) is 0. The molecule has 1 fully saturated rings. The molecule has 3 heterocycles. The maximum Gasteiger partial charge on any atom is 0.352 e. The lowest BCUT2D eigenvalue weighted by molar-refractivity contribution is -0.150. The lowest BCUT2D eigenvalue weighted by Gasteiger charge is -2.49. The van der Waals surface area contributed by atoms with Crippen molar-refractivity contribution in [2.45, 2.75) is 18.3 Å². The quantitative estimate of drug-likeness (QED) is 0.108. The zero-order chi connectivity index (χ0) is 23.4. The molecule has 170 valence electrons. The molecular formula is C18H19N5O7S2. The zero-order valence-corrected chi connectivity index (χ0v) is 18.4. The number of β-lactam (4-membered cyclic amide) rings is 1. The van der Waals surface area contributed by atoms with Gasteiger partial charge in [-0.2, -0.15) is 0 Å². The minimum Gasteiger partial charge on any atom is -0.477 e. The number of nitrogens with two attached hydrogens (primary N) is 1. The number of thioether (sulfide) groups is 1. The molecule has 2 aliphatic rings. The predicted molar refractivity (Wildman–Crippen MR) is 116 cm³/mol. The number of thiazole rings is 1. The second-order valence-electron chi connectivity index (χ2n) is 6.49. The highest BCUT2D eigenvalue weighted by Gasteiger charge is 2.54. The van der Waals surface area contributed by atoms with Crippen LogP contribution < -0.4 is 11.1 Å². The number of rotatable bonds is 9. The number of oxime groups is 1. The molecule has 14 heteroatoms. The summed E-state index contributed by atoms with van der Waals surface area (Å²) in [4.78, 5) is 58.5. The van der Waals surface area contributed by atoms with E-state index < -0.39 is 35.2 Å². The number of hydrogen-bond donors (Lipinski definition) is 3. The molecule has 1 aromatic rings. The Hall–Kier alpha value is -3.39. The van der Waals surface area contributed by atoms with Crippen LogP contribution in [-0.2, 0) is 28.8 Å². The normalized spacial score (nSPS) is 20.2. The molecule has 1 aromatic heterocycles. The first-order chi connectivity index (χ1) is 15.2. The number of esters is 1. The fourth-order valence-electron chi connectivity index (χ4n) is 2.95. The van der Waals surface area contributed by atoms with Crippen molar-refractivity contribution in [3.8, 4) is 0 Å². The number of hydrogen-bond acceptors (Lipinski definition) is 11. The number of carboxylic acids is 1. The van der Waals surface area contributed by atoms with Crippen molar-refractivity contribution in [3.63, 3.8) is 0 Å². The molecule has 0 saturated carbocycles. The van der Waals surface area contributed by atoms with Gasteiger partial charge in [0.15, 0.2) is 10.8 Å². The van der Waals surface area contributed by atoms with Crippen LogP contribution in [0.25, 0.3) is 0 Å². The maximum absolute atomic E-state index is 12.8. The van der Waals surface area contributed by atoms with E-state index >= 15 is 0 Å². The summed E-state index contributed by atoms with van der Waals surface area (Å²) < 4.78 is 4.89. The van der Waals surface area contributed by atoms with Gasteiger partial charge in [-0.3, -0.25) is 19.3 Å². The second kappa shape index (κ2) is 9.82. The molecule has 0 aromatic carbocycles. The van der Waals surface area contributed by atoms with Gasteiger partial charge >= 0.3 is 11.9 Å². The molecule has 32 heavy (non-hydrogen) atoms. The number of nitrogens with one attached hydrogen (secondary N) is 1. The van der Waals surface area contributed by atoms with Gasteiger partial charge in [0.25, 0.3) is 11.8 Å². The number of nitrogen functional groups attached to an aromatic ring is 1. The summed E-state index contributed by atoms with van der Waals surface area (Å²) >= 11 is 2.34. The molecule has 2 atom stereocenters. The monoisotopic (exact) mass is 481 g/mol. The van der Waals surface area contributed by atoms with Crippen LogP contribution in [0.5, 0.6) is 0 Å². The molecule has 0 unspecified atom stereocenters. The molecule has 2 aliphatic heterocycles. The molecule has 0 spiro atoms. The van der Waals surface area contributed by atoms with Gasteiger partial charge in [-0.25, -0.2) is 9.78 Å². The average molecular weight is 482 g/mol. The molecule has 0 radical (unpaired) electrons. The van der Waals surface area contributed by atoms with Crippen molar-refractivity contribution in [3.05, 3.63) is 35.0 Å². The third kappa shape index (κ3) is 4.75. The Labute approximate surface area is 190 Å². The van der Waals surface area contributed by atoms with Crippen molar-refractivity contribution in [2.24, 2.45) is 5.16 Å². The standard InChI is InChI=1S/C18H19N5O7S2/c1-3-4-30-22-11(10-7-32-18(19)20-10)14(25)21-12-15(26)23-13(17(27)28)9(5-29-8(2)24)6-31-16(12)23/h3,7,12,16H,1,4-6H2,2H3,(H2,19,20)(H,21,25)(H,27,28)/t12-,16+/m1/s1. The fourth-order valence-corrected chi connectivity index (χ4v) is 4.82. The van der Waals surface area contributed by atoms with Crippen LogP contribution >= 0.6 is 23.1 Å². The minimum absolute atomic E-state index is 0.0445. The molecule has 0 bridgehead atoms. The SMILES string of the molecule is C=CCON=C(C(=O)N[C@@H]1C(=O)N2C(C(=O)O)=C(COC(C)=O)CS[C@@H]12)c1csc(N)n1. The number of carboxylic acid groups (broad SMARTS) is 1. The minimum atomic E-state index is -1.33. The Morgan fingerprint density at radius 1 is 1.50 bits per heavy atom. The Morgan fingerprint density at radius 3 is 2.84 bits per heavy atom. The van der Waals surface area contributed by atoms with Crippen LogP contribution in [-0.4, -0.2) is 74.8 Å². The van der Waals surface area contributed by atoms with E-state index in [1.807, 2.05) is 0 Å². The Morgan fingerprint density at radius 2 is 2.25 bits per heavy atom. The number of fused-ring (bicyclic) bond motifs is 1. The van der Waals surface area contributed by atoms with Crippen LogP contribution in [0.4, 0.5) is 5.13 Å². The fraction of sp³-hybridized carbons (Fsp3) is 0.333. The van der Waals surface area contributed by atoms with Gasteiger partial charge < -0.3 is 25.7 Å². The van der Waals surface area contributed by atoms with Gasteiger partial charge in [0.1, 0.15) is 36.0 Å². The largest absolute Gasteiger partial charge is 0.477 e. The summed E-state index contributed by atoms with van der Waals surface area (Å²) in [5.74, 6) is -3.03. The van der Waals surface area contributed by atoms with E-state index in [-0.39, 0.29) is 41.2 Å². The van der Waals surface area contributed by atoms with Crippen molar-refractivity contribution >= 4 is 57.7 Å². The Balaban J connectivity index is 1.78. The molecule has 3 rings (SSSR count). The summed E-state index contributed by atoms with van der Waals surface area (Å²) in [6, 6.07) is -0.988. The maximum atomic E-state index is 12.8. The average Bonchev–Trinajstić information content (AvgIpc) is 3.18. The number of anilines is 1. The third-order valence-electron chi connectivity index (χ3n) is 4.31. The lowest BCUT2D eigenvalue weighted by Crippen LogP contribution is -2.71. The summed E-state index contributed by atoms with van der Waals surface area (Å²) in [5.41, 5.74) is 5.66. The number of amides is 2. The van der Waals surface area contributed by atoms with Crippen molar-refractivity contribution < 1.29 is 33.9 Å². The van der Waals surface area contributed by atoms with Gasteiger partial charge in [-0.1, -0.05) is 17.8 Å². The van der Waals surface area contributed by atoms with Crippen LogP contribution in [0.2, 0.25) is 0 Å². The number of carbonyl (C=O) groups is 4. The predicted octanol–water partition coefficient (Wildman–Crippen LogP) is -0.0663. The summed E-state index contributed by atoms with van der Waals surface area (Å²) in [6.07, 6.45) is 1.44. The Kier molecular flexibility index (Phi) is 7.15. The number of carbonyl (C=O) groups excluding carboxylic acids is 3. The molecule has 1 saturated heterocycles. The van der Waals surface area contributed by atoms with Crippen molar-refractivity contribution in [1.29, 1.82) is 0 Å². The van der Waals surface area contributed by atoms with Crippen LogP contribution in [0.3, 0.4) is 0 Å². The van der Waals surface area contributed by atoms with E-state index in [2.05, 4.69) is 22.0 Å². The van der Waals surface area contributed by atoms with E-state index in [9.17, 15) is 24.3 Å². The first-order valence-electron chi connectivity index (χ1n) is 9.11. The highest BCUT2D eigenvalue weighted by atomic mass is 32.2. The van der Waals surface area contributed by atoms with Crippen molar-refractivity contribution in [2.75, 3.05) is 24.7 Å². The van der Waals surface area contributed by atoms with Crippen LogP contribution in [0, 0.1) is 0 Å². The zero-order valence-electron chi connectivity index (χ0n) is 16.8. The first kappa shape index (κ1) is 23.3. The molecular weight excluding hydrogens is 462 g/mol. The highest BCUT2D eigenvalue weighted by molar-refractivity contribution is 8.00. The van der Waals surface area contributed by atoms with E-state index in [4.69, 9.17) is 15.3 Å². The topological polar surface area (TPSA) is 174 Å². The third-order valence-corrected chi connectivity index (χ3v) is 6.33. The van der Waals surface area contributed by atoms with E-state index in [0.29, 0.717) is 5.57 Å². The summed E-state index contributed by atoms with van der Waals surface area (Å²) in [6.45, 7) is 4.51. The number of ether oxygens (including phenoxy) is 1. The van der Waals surface area contributed by atoms with Gasteiger partial charge in [-0.05, 0) is 0 Å². The summed E-state index contributed by atoms with van der Waals surface area (Å²) in [5, 5.41) is 17.0. The molecule has 2 amide bonds. The van der Waals surface area contributed by atoms with Crippen LogP contribution in [0.1, 0.15) is 12.6 Å². The van der Waals surface area contributed by atoms with Crippen LogP contribution in [0.15, 0.2) is 34.5 Å². The van der Waals surface area contributed by atoms with Crippen molar-refractivity contribution in [1.82, 2.24) is 15.2 Å². The second-order valence-corrected chi connectivity index (χ2v) is 8.49. The first-order valence-corrected chi connectivity index (χ1v) is 11.0. The smallest absolute Gasteiger partial charge is 0.352 e. The number of aromatic nitrogens is 1. The van der Waals surface area contributed by atoms with E-state index in [1.165, 1.54) is 30.1 Å². The molecule has 12 nitrogen and oxygen atoms in total. The van der Waals surface area contributed by atoms with Gasteiger partial charge in [0.05, 0.1) is 0 Å². The molecule has 4 N–H and O–H groups in total. The molecule has 0 aliphatic carbocycles. The van der Waals surface area contributed by atoms with Gasteiger partial charge in [0, 0.05) is 23.6 Å². The van der Waals surface area contributed by atoms with Gasteiger partial charge in [-0.15, -0.1) is 23.1 Å². The van der Waals surface area contributed by atoms with E-state index in [1.54, 1.807) is 0 Å². The Bertz CT molecular complexity index is 1030. The number of aliphatic carboxylic acids is 1. The number of nitrogens with zero attached hydrogens (tertiary/aromatic N) is 3.